The van der Waals surface area contributed by atoms with Crippen molar-refractivity contribution >= 4 is 16.8 Å². The molecule has 0 aromatic carbocycles. The van der Waals surface area contributed by atoms with Gasteiger partial charge in [-0.05, 0) is 57.6 Å². The lowest BCUT2D eigenvalue weighted by molar-refractivity contribution is 0.0140. The lowest BCUT2D eigenvalue weighted by Gasteiger charge is -2.33. The number of pyridine rings is 2. The quantitative estimate of drug-likeness (QED) is 0.910. The van der Waals surface area contributed by atoms with Gasteiger partial charge in [0.1, 0.15) is 0 Å². The third-order valence-corrected chi connectivity index (χ3v) is 5.24. The molecule has 0 unspecified atom stereocenters. The molecule has 126 valence electrons. The van der Waals surface area contributed by atoms with Crippen LogP contribution in [-0.2, 0) is 0 Å². The van der Waals surface area contributed by atoms with E-state index in [1.54, 1.807) is 6.20 Å². The Labute approximate surface area is 141 Å². The highest BCUT2D eigenvalue weighted by atomic mass is 16.3. The zero-order chi connectivity index (χ0) is 16.7. The molecule has 5 heteroatoms. The van der Waals surface area contributed by atoms with Crippen molar-refractivity contribution in [2.75, 3.05) is 0 Å². The van der Waals surface area contributed by atoms with Crippen LogP contribution < -0.4 is 5.32 Å². The second kappa shape index (κ2) is 5.81. The minimum atomic E-state index is -0.587. The first-order chi connectivity index (χ1) is 11.5. The molecule has 2 heterocycles. The molecule has 2 N–H and O–H groups in total. The highest BCUT2D eigenvalue weighted by Crippen LogP contribution is 2.39. The van der Waals surface area contributed by atoms with E-state index in [0.717, 1.165) is 42.3 Å². The normalized spacial score (nSPS) is 27.2. The van der Waals surface area contributed by atoms with Crippen LogP contribution in [-0.4, -0.2) is 32.6 Å². The molecule has 4 rings (SSSR count). The van der Waals surface area contributed by atoms with Crippen molar-refractivity contribution in [3.63, 3.8) is 0 Å². The Morgan fingerprint density at radius 3 is 2.62 bits per heavy atom. The first kappa shape index (κ1) is 15.5. The third-order valence-electron chi connectivity index (χ3n) is 5.24. The molecule has 5 nitrogen and oxygen atoms in total. The van der Waals surface area contributed by atoms with E-state index in [1.807, 2.05) is 25.3 Å². The van der Waals surface area contributed by atoms with Crippen molar-refractivity contribution in [1.82, 2.24) is 15.3 Å². The summed E-state index contributed by atoms with van der Waals surface area (Å²) in [7, 11) is 0. The van der Waals surface area contributed by atoms with Crippen molar-refractivity contribution in [1.29, 1.82) is 0 Å². The van der Waals surface area contributed by atoms with Crippen LogP contribution in [0.25, 0.3) is 10.9 Å². The van der Waals surface area contributed by atoms with Gasteiger partial charge in [-0.2, -0.15) is 0 Å². The van der Waals surface area contributed by atoms with Gasteiger partial charge >= 0.3 is 0 Å². The number of carbonyl (C=O) groups is 1. The standard InChI is InChI=1S/C19H23N3O2/c1-19(24)6-4-15(5-7-19)22-18(23)14-8-13-10-20-16(12-2-3-12)9-17(13)21-11-14/h8-12,15,24H,2-7H2,1H3,(H,22,23). The Bertz CT molecular complexity index is 773. The van der Waals surface area contributed by atoms with Gasteiger partial charge in [0, 0.05) is 35.4 Å². The molecular weight excluding hydrogens is 302 g/mol. The van der Waals surface area contributed by atoms with Gasteiger partial charge in [0.2, 0.25) is 0 Å². The number of aliphatic hydroxyl groups is 1. The number of hydrogen-bond acceptors (Lipinski definition) is 4. The van der Waals surface area contributed by atoms with Crippen LogP contribution in [0.5, 0.6) is 0 Å². The summed E-state index contributed by atoms with van der Waals surface area (Å²) in [6.45, 7) is 1.86. The van der Waals surface area contributed by atoms with Crippen LogP contribution in [0, 0.1) is 0 Å². The van der Waals surface area contributed by atoms with Crippen LogP contribution in [0.3, 0.4) is 0 Å². The summed E-state index contributed by atoms with van der Waals surface area (Å²) in [6, 6.07) is 4.03. The molecule has 0 radical (unpaired) electrons. The molecule has 0 atom stereocenters. The van der Waals surface area contributed by atoms with E-state index in [-0.39, 0.29) is 11.9 Å². The van der Waals surface area contributed by atoms with Crippen LogP contribution >= 0.6 is 0 Å². The highest BCUT2D eigenvalue weighted by Gasteiger charge is 2.29. The summed E-state index contributed by atoms with van der Waals surface area (Å²) in [5, 5.41) is 14.0. The Kier molecular flexibility index (Phi) is 3.76. The molecule has 2 fully saturated rings. The molecular formula is C19H23N3O2. The number of rotatable bonds is 3. The molecule has 0 saturated heterocycles. The molecule has 2 aliphatic carbocycles. The van der Waals surface area contributed by atoms with Crippen molar-refractivity contribution in [3.8, 4) is 0 Å². The monoisotopic (exact) mass is 325 g/mol. The molecule has 2 aromatic rings. The Morgan fingerprint density at radius 2 is 1.92 bits per heavy atom. The topological polar surface area (TPSA) is 75.1 Å². The van der Waals surface area contributed by atoms with Gasteiger partial charge in [-0.1, -0.05) is 0 Å². The molecule has 2 saturated carbocycles. The summed E-state index contributed by atoms with van der Waals surface area (Å²) in [4.78, 5) is 21.4. The van der Waals surface area contributed by atoms with Crippen molar-refractivity contribution in [2.24, 2.45) is 0 Å². The van der Waals surface area contributed by atoms with E-state index in [0.29, 0.717) is 11.5 Å². The minimum Gasteiger partial charge on any atom is -0.390 e. The van der Waals surface area contributed by atoms with Gasteiger partial charge in [-0.3, -0.25) is 14.8 Å². The van der Waals surface area contributed by atoms with Gasteiger partial charge in [0.25, 0.3) is 5.91 Å². The largest absolute Gasteiger partial charge is 0.390 e. The van der Waals surface area contributed by atoms with Crippen LogP contribution in [0.4, 0.5) is 0 Å². The van der Waals surface area contributed by atoms with Crippen LogP contribution in [0.2, 0.25) is 0 Å². The number of hydrogen-bond donors (Lipinski definition) is 2. The Balaban J connectivity index is 1.47. The maximum absolute atomic E-state index is 12.5. The smallest absolute Gasteiger partial charge is 0.253 e. The van der Waals surface area contributed by atoms with E-state index in [1.165, 1.54) is 12.8 Å². The van der Waals surface area contributed by atoms with Gasteiger partial charge < -0.3 is 10.4 Å². The predicted molar refractivity (Wildman–Crippen MR) is 91.9 cm³/mol. The SMILES string of the molecule is CC1(O)CCC(NC(=O)c2cnc3cc(C4CC4)ncc3c2)CC1. The maximum atomic E-state index is 12.5. The lowest BCUT2D eigenvalue weighted by atomic mass is 9.83. The average molecular weight is 325 g/mol. The third kappa shape index (κ3) is 3.26. The number of nitrogens with one attached hydrogen (secondary N) is 1. The maximum Gasteiger partial charge on any atom is 0.253 e. The van der Waals surface area contributed by atoms with Gasteiger partial charge in [0.15, 0.2) is 0 Å². The molecule has 0 aliphatic heterocycles. The fraction of sp³-hybridized carbons (Fsp3) is 0.526. The first-order valence-corrected chi connectivity index (χ1v) is 8.79. The molecule has 1 amide bonds. The number of nitrogens with zero attached hydrogens (tertiary/aromatic N) is 2. The zero-order valence-corrected chi connectivity index (χ0v) is 14.0. The number of aromatic nitrogens is 2. The fourth-order valence-electron chi connectivity index (χ4n) is 3.42. The zero-order valence-electron chi connectivity index (χ0n) is 14.0. The van der Waals surface area contributed by atoms with E-state index in [2.05, 4.69) is 15.3 Å². The molecule has 0 bridgehead atoms. The summed E-state index contributed by atoms with van der Waals surface area (Å²) >= 11 is 0. The second-order valence-corrected chi connectivity index (χ2v) is 7.54. The molecule has 0 spiro atoms. The van der Waals surface area contributed by atoms with Crippen molar-refractivity contribution in [2.45, 2.75) is 63.0 Å². The summed E-state index contributed by atoms with van der Waals surface area (Å²) in [5.74, 6) is 0.505. The summed E-state index contributed by atoms with van der Waals surface area (Å²) in [6.07, 6.45) is 8.97. The summed E-state index contributed by atoms with van der Waals surface area (Å²) in [5.41, 5.74) is 2.00. The molecule has 2 aliphatic rings. The van der Waals surface area contributed by atoms with Crippen LogP contribution in [0.15, 0.2) is 24.5 Å². The number of amides is 1. The van der Waals surface area contributed by atoms with E-state index < -0.39 is 5.60 Å². The Morgan fingerprint density at radius 1 is 1.17 bits per heavy atom. The fourth-order valence-corrected chi connectivity index (χ4v) is 3.42. The van der Waals surface area contributed by atoms with E-state index in [9.17, 15) is 9.90 Å². The summed E-state index contributed by atoms with van der Waals surface area (Å²) < 4.78 is 0. The molecule has 24 heavy (non-hydrogen) atoms. The second-order valence-electron chi connectivity index (χ2n) is 7.54. The van der Waals surface area contributed by atoms with Crippen molar-refractivity contribution < 1.29 is 9.90 Å². The lowest BCUT2D eigenvalue weighted by Crippen LogP contribution is -2.42. The van der Waals surface area contributed by atoms with Gasteiger partial charge in [-0.25, -0.2) is 0 Å². The van der Waals surface area contributed by atoms with Gasteiger partial charge in [0.05, 0.1) is 16.7 Å². The Hall–Kier alpha value is -2.01. The van der Waals surface area contributed by atoms with E-state index in [4.69, 9.17) is 0 Å². The van der Waals surface area contributed by atoms with E-state index >= 15 is 0 Å². The average Bonchev–Trinajstić information content (AvgIpc) is 3.41. The predicted octanol–water partition coefficient (Wildman–Crippen LogP) is 2.93. The van der Waals surface area contributed by atoms with Gasteiger partial charge in [-0.15, -0.1) is 0 Å². The number of fused-ring (bicyclic) bond motifs is 1. The highest BCUT2D eigenvalue weighted by molar-refractivity contribution is 5.97. The minimum absolute atomic E-state index is 0.0952. The molecule has 2 aromatic heterocycles. The van der Waals surface area contributed by atoms with Crippen molar-refractivity contribution in [3.05, 3.63) is 35.8 Å². The van der Waals surface area contributed by atoms with Crippen LogP contribution in [0.1, 0.15) is 67.4 Å². The number of carbonyl (C=O) groups excluding carboxylic acids is 1. The first-order valence-electron chi connectivity index (χ1n) is 8.79.